The van der Waals surface area contributed by atoms with E-state index in [2.05, 4.69) is 20.2 Å². The van der Waals surface area contributed by atoms with Crippen molar-refractivity contribution in [2.24, 2.45) is 5.92 Å². The van der Waals surface area contributed by atoms with Gasteiger partial charge in [0.2, 0.25) is 5.91 Å². The molecule has 2 aliphatic heterocycles. The first-order valence-electron chi connectivity index (χ1n) is 9.50. The number of halogens is 1. The van der Waals surface area contributed by atoms with Crippen LogP contribution in [-0.4, -0.2) is 53.5 Å². The van der Waals surface area contributed by atoms with Crippen LogP contribution in [0.3, 0.4) is 0 Å². The second kappa shape index (κ2) is 8.00. The number of nitrogens with zero attached hydrogens (tertiary/aromatic N) is 4. The third-order valence-electron chi connectivity index (χ3n) is 5.48. The van der Waals surface area contributed by atoms with Gasteiger partial charge in [0.15, 0.2) is 0 Å². The number of piperidine rings is 1. The Morgan fingerprint density at radius 1 is 1.19 bits per heavy atom. The number of hydrogen-bond donors (Lipinski definition) is 1. The van der Waals surface area contributed by atoms with Crippen molar-refractivity contribution >= 4 is 11.7 Å². The summed E-state index contributed by atoms with van der Waals surface area (Å²) in [6.45, 7) is 3.69. The van der Waals surface area contributed by atoms with E-state index >= 15 is 0 Å². The van der Waals surface area contributed by atoms with Crippen LogP contribution in [0.2, 0.25) is 0 Å². The number of carbonyl (C=O) groups is 1. The van der Waals surface area contributed by atoms with Crippen molar-refractivity contribution in [2.45, 2.75) is 18.9 Å². The number of benzene rings is 1. The number of nitrogens with one attached hydrogen (secondary N) is 1. The van der Waals surface area contributed by atoms with Crippen LogP contribution in [0.1, 0.15) is 24.4 Å². The van der Waals surface area contributed by atoms with E-state index in [1.165, 1.54) is 12.1 Å². The molecule has 2 fully saturated rings. The zero-order chi connectivity index (χ0) is 18.6. The van der Waals surface area contributed by atoms with Crippen molar-refractivity contribution < 1.29 is 9.18 Å². The Morgan fingerprint density at radius 3 is 2.78 bits per heavy atom. The topological polar surface area (TPSA) is 61.4 Å². The first-order chi connectivity index (χ1) is 13.2. The third kappa shape index (κ3) is 3.93. The van der Waals surface area contributed by atoms with Crippen LogP contribution >= 0.6 is 0 Å². The van der Waals surface area contributed by atoms with E-state index in [0.29, 0.717) is 13.1 Å². The van der Waals surface area contributed by atoms with Gasteiger partial charge in [-0.15, -0.1) is 0 Å². The lowest BCUT2D eigenvalue weighted by Gasteiger charge is -2.40. The van der Waals surface area contributed by atoms with Crippen molar-refractivity contribution in [2.75, 3.05) is 37.6 Å². The Labute approximate surface area is 158 Å². The van der Waals surface area contributed by atoms with Gasteiger partial charge in [-0.2, -0.15) is 0 Å². The van der Waals surface area contributed by atoms with Gasteiger partial charge < -0.3 is 15.1 Å². The smallest absolute Gasteiger partial charge is 0.226 e. The van der Waals surface area contributed by atoms with Crippen molar-refractivity contribution in [3.8, 4) is 0 Å². The van der Waals surface area contributed by atoms with Crippen LogP contribution in [0.4, 0.5) is 10.2 Å². The molecule has 0 radical (unpaired) electrons. The molecule has 4 rings (SSSR count). The van der Waals surface area contributed by atoms with Crippen LogP contribution in [0.15, 0.2) is 42.9 Å². The first kappa shape index (κ1) is 17.9. The Morgan fingerprint density at radius 2 is 2.04 bits per heavy atom. The summed E-state index contributed by atoms with van der Waals surface area (Å²) in [5, 5.41) is 3.33. The van der Waals surface area contributed by atoms with E-state index in [4.69, 9.17) is 0 Å². The maximum atomic E-state index is 13.7. The van der Waals surface area contributed by atoms with Crippen LogP contribution in [0.5, 0.6) is 0 Å². The predicted molar refractivity (Wildman–Crippen MR) is 101 cm³/mol. The molecule has 3 heterocycles. The van der Waals surface area contributed by atoms with E-state index in [1.54, 1.807) is 24.7 Å². The predicted octanol–water partition coefficient (Wildman–Crippen LogP) is 2.01. The molecule has 142 valence electrons. The summed E-state index contributed by atoms with van der Waals surface area (Å²) in [4.78, 5) is 25.8. The highest BCUT2D eigenvalue weighted by Crippen LogP contribution is 2.28. The molecule has 27 heavy (non-hydrogen) atoms. The summed E-state index contributed by atoms with van der Waals surface area (Å²) in [7, 11) is 0. The second-order valence-corrected chi connectivity index (χ2v) is 7.13. The number of aromatic nitrogens is 2. The van der Waals surface area contributed by atoms with E-state index in [1.807, 2.05) is 11.0 Å². The molecule has 2 saturated heterocycles. The molecule has 2 aromatic rings. The molecule has 2 aliphatic rings. The minimum Gasteiger partial charge on any atom is -0.355 e. The van der Waals surface area contributed by atoms with Crippen molar-refractivity contribution in [1.29, 1.82) is 0 Å². The molecule has 6 nitrogen and oxygen atoms in total. The van der Waals surface area contributed by atoms with Crippen molar-refractivity contribution in [3.05, 3.63) is 54.2 Å². The molecule has 1 unspecified atom stereocenters. The Hall–Kier alpha value is -2.54. The lowest BCUT2D eigenvalue weighted by molar-refractivity contribution is -0.139. The maximum Gasteiger partial charge on any atom is 0.226 e. The summed E-state index contributed by atoms with van der Waals surface area (Å²) >= 11 is 0. The Bertz CT molecular complexity index is 779. The SMILES string of the molecule is O=C(C1CCN(c2cnccn2)CC1)N1CCNCC1c1cccc(F)c1. The Kier molecular flexibility index (Phi) is 5.29. The normalized spacial score (nSPS) is 21.3. The second-order valence-electron chi connectivity index (χ2n) is 7.13. The molecule has 0 aliphatic carbocycles. The molecular formula is C20H24FN5O. The number of hydrogen-bond acceptors (Lipinski definition) is 5. The minimum atomic E-state index is -0.261. The van der Waals surface area contributed by atoms with Gasteiger partial charge in [-0.1, -0.05) is 12.1 Å². The molecule has 0 spiro atoms. The number of amides is 1. The van der Waals surface area contributed by atoms with E-state index in [0.717, 1.165) is 43.9 Å². The van der Waals surface area contributed by atoms with Gasteiger partial charge in [-0.05, 0) is 30.5 Å². The third-order valence-corrected chi connectivity index (χ3v) is 5.48. The highest BCUT2D eigenvalue weighted by Gasteiger charge is 2.34. The number of anilines is 1. The van der Waals surface area contributed by atoms with E-state index in [9.17, 15) is 9.18 Å². The lowest BCUT2D eigenvalue weighted by atomic mass is 9.93. The quantitative estimate of drug-likeness (QED) is 0.897. The van der Waals surface area contributed by atoms with Crippen molar-refractivity contribution in [1.82, 2.24) is 20.2 Å². The summed E-state index contributed by atoms with van der Waals surface area (Å²) < 4.78 is 13.7. The summed E-state index contributed by atoms with van der Waals surface area (Å²) in [5.41, 5.74) is 0.854. The van der Waals surface area contributed by atoms with Crippen LogP contribution < -0.4 is 10.2 Å². The first-order valence-corrected chi connectivity index (χ1v) is 9.50. The Balaban J connectivity index is 1.44. The van der Waals surface area contributed by atoms with Gasteiger partial charge in [-0.3, -0.25) is 9.78 Å². The zero-order valence-corrected chi connectivity index (χ0v) is 15.2. The van der Waals surface area contributed by atoms with E-state index in [-0.39, 0.29) is 23.7 Å². The largest absolute Gasteiger partial charge is 0.355 e. The van der Waals surface area contributed by atoms with Gasteiger partial charge >= 0.3 is 0 Å². The molecule has 1 aromatic heterocycles. The zero-order valence-electron chi connectivity index (χ0n) is 15.2. The molecule has 1 aromatic carbocycles. The monoisotopic (exact) mass is 369 g/mol. The average Bonchev–Trinajstić information content (AvgIpc) is 2.74. The lowest BCUT2D eigenvalue weighted by Crippen LogP contribution is -2.52. The maximum absolute atomic E-state index is 13.7. The van der Waals surface area contributed by atoms with Crippen LogP contribution in [0.25, 0.3) is 0 Å². The fourth-order valence-corrected chi connectivity index (χ4v) is 4.02. The average molecular weight is 369 g/mol. The fraction of sp³-hybridized carbons (Fsp3) is 0.450. The number of piperazine rings is 1. The number of rotatable bonds is 3. The summed E-state index contributed by atoms with van der Waals surface area (Å²) in [6, 6.07) is 6.47. The van der Waals surface area contributed by atoms with Gasteiger partial charge in [0.1, 0.15) is 11.6 Å². The van der Waals surface area contributed by atoms with Gasteiger partial charge in [-0.25, -0.2) is 9.37 Å². The highest BCUT2D eigenvalue weighted by atomic mass is 19.1. The standard InChI is InChI=1S/C20H24FN5O/c21-17-3-1-2-16(12-17)18-13-23-8-11-26(18)20(27)15-4-9-25(10-5-15)19-14-22-6-7-24-19/h1-3,6-7,12,14-15,18,23H,4-5,8-11,13H2. The van der Waals surface area contributed by atoms with Crippen LogP contribution in [-0.2, 0) is 4.79 Å². The number of carbonyl (C=O) groups excluding carboxylic acids is 1. The molecular weight excluding hydrogens is 345 g/mol. The van der Waals surface area contributed by atoms with E-state index < -0.39 is 0 Å². The summed E-state index contributed by atoms with van der Waals surface area (Å²) in [6.07, 6.45) is 6.72. The molecule has 0 saturated carbocycles. The molecule has 1 amide bonds. The summed E-state index contributed by atoms with van der Waals surface area (Å²) in [5.74, 6) is 0.794. The fourth-order valence-electron chi connectivity index (χ4n) is 4.02. The molecule has 1 atom stereocenters. The van der Waals surface area contributed by atoms with Gasteiger partial charge in [0.05, 0.1) is 12.2 Å². The molecule has 7 heteroatoms. The van der Waals surface area contributed by atoms with Crippen molar-refractivity contribution in [3.63, 3.8) is 0 Å². The minimum absolute atomic E-state index is 0.00656. The van der Waals surface area contributed by atoms with Gasteiger partial charge in [0, 0.05) is 51.0 Å². The van der Waals surface area contributed by atoms with Gasteiger partial charge in [0.25, 0.3) is 0 Å². The van der Waals surface area contributed by atoms with Crippen LogP contribution in [0, 0.1) is 11.7 Å². The molecule has 0 bridgehead atoms. The highest BCUT2D eigenvalue weighted by molar-refractivity contribution is 5.80. The molecule has 1 N–H and O–H groups in total.